The zero-order chi connectivity index (χ0) is 13.7. The van der Waals surface area contributed by atoms with Gasteiger partial charge in [0, 0.05) is 6.42 Å². The molecule has 2 aromatic carbocycles. The van der Waals surface area contributed by atoms with E-state index >= 15 is 0 Å². The van der Waals surface area contributed by atoms with E-state index < -0.39 is 11.7 Å². The second kappa shape index (κ2) is 5.78. The molecule has 0 N–H and O–H groups in total. The van der Waals surface area contributed by atoms with Gasteiger partial charge in [-0.15, -0.1) is 0 Å². The fraction of sp³-hybridized carbons (Fsp3) is 0.200. The third kappa shape index (κ3) is 4.02. The highest BCUT2D eigenvalue weighted by Gasteiger charge is 2.29. The number of ether oxygens (including phenoxy) is 1. The molecule has 0 aliphatic carbocycles. The third-order valence-corrected chi connectivity index (χ3v) is 2.63. The predicted octanol–water partition coefficient (Wildman–Crippen LogP) is 4.13. The molecular formula is C15H12F3O. The van der Waals surface area contributed by atoms with Crippen LogP contribution < -0.4 is 4.74 Å². The van der Waals surface area contributed by atoms with Crippen molar-refractivity contribution in [1.82, 2.24) is 0 Å². The lowest BCUT2D eigenvalue weighted by Gasteiger charge is -2.08. The molecule has 0 saturated heterocycles. The highest BCUT2D eigenvalue weighted by Crippen LogP contribution is 2.29. The van der Waals surface area contributed by atoms with Crippen LogP contribution in [0, 0.1) is 6.07 Å². The van der Waals surface area contributed by atoms with Crippen molar-refractivity contribution in [1.29, 1.82) is 0 Å². The summed E-state index contributed by atoms with van der Waals surface area (Å²) >= 11 is 0. The van der Waals surface area contributed by atoms with Crippen LogP contribution >= 0.6 is 0 Å². The molecule has 99 valence electrons. The van der Waals surface area contributed by atoms with Crippen molar-refractivity contribution in [3.63, 3.8) is 0 Å². The first kappa shape index (κ1) is 13.5. The van der Waals surface area contributed by atoms with E-state index in [1.54, 1.807) is 24.3 Å². The maximum atomic E-state index is 12.4. The number of hydrogen-bond donors (Lipinski definition) is 0. The van der Waals surface area contributed by atoms with Crippen molar-refractivity contribution in [2.24, 2.45) is 0 Å². The van der Waals surface area contributed by atoms with Gasteiger partial charge in [0.25, 0.3) is 0 Å². The molecule has 0 amide bonds. The van der Waals surface area contributed by atoms with Crippen molar-refractivity contribution in [2.75, 3.05) is 6.61 Å². The Kier molecular flexibility index (Phi) is 4.10. The van der Waals surface area contributed by atoms with Crippen molar-refractivity contribution in [3.8, 4) is 5.75 Å². The quantitative estimate of drug-likeness (QED) is 0.807. The first-order valence-electron chi connectivity index (χ1n) is 5.81. The second-order valence-electron chi connectivity index (χ2n) is 4.03. The van der Waals surface area contributed by atoms with E-state index in [0.717, 1.165) is 23.4 Å². The van der Waals surface area contributed by atoms with Crippen LogP contribution in [0.25, 0.3) is 0 Å². The second-order valence-corrected chi connectivity index (χ2v) is 4.03. The molecule has 2 rings (SSSR count). The summed E-state index contributed by atoms with van der Waals surface area (Å²) in [5.74, 6) is 0.727. The molecule has 0 heterocycles. The number of halogens is 3. The minimum atomic E-state index is -4.28. The van der Waals surface area contributed by atoms with E-state index in [9.17, 15) is 13.2 Å². The van der Waals surface area contributed by atoms with E-state index in [-0.39, 0.29) is 0 Å². The fourth-order valence-electron chi connectivity index (χ4n) is 1.61. The van der Waals surface area contributed by atoms with Gasteiger partial charge >= 0.3 is 6.18 Å². The van der Waals surface area contributed by atoms with Gasteiger partial charge in [0.1, 0.15) is 5.75 Å². The molecule has 1 radical (unpaired) electrons. The molecule has 0 bridgehead atoms. The normalized spacial score (nSPS) is 11.3. The van der Waals surface area contributed by atoms with Gasteiger partial charge in [0.15, 0.2) is 0 Å². The van der Waals surface area contributed by atoms with E-state index in [0.29, 0.717) is 13.0 Å². The molecule has 0 unspecified atom stereocenters. The summed E-state index contributed by atoms with van der Waals surface area (Å²) in [6, 6.07) is 15.1. The number of alkyl halides is 3. The van der Waals surface area contributed by atoms with Gasteiger partial charge in [-0.2, -0.15) is 13.2 Å². The Morgan fingerprint density at radius 3 is 2.16 bits per heavy atom. The van der Waals surface area contributed by atoms with Crippen LogP contribution in [-0.2, 0) is 12.6 Å². The summed E-state index contributed by atoms with van der Waals surface area (Å²) < 4.78 is 42.6. The van der Waals surface area contributed by atoms with Crippen LogP contribution in [0.3, 0.4) is 0 Å². The minimum Gasteiger partial charge on any atom is -0.493 e. The molecule has 0 aromatic heterocycles. The number of benzene rings is 2. The van der Waals surface area contributed by atoms with Gasteiger partial charge in [0.2, 0.25) is 0 Å². The Balaban J connectivity index is 1.87. The minimum absolute atomic E-state index is 0.426. The first-order chi connectivity index (χ1) is 9.05. The average molecular weight is 265 g/mol. The van der Waals surface area contributed by atoms with Gasteiger partial charge in [0.05, 0.1) is 12.2 Å². The first-order valence-corrected chi connectivity index (χ1v) is 5.81. The predicted molar refractivity (Wildman–Crippen MR) is 65.9 cm³/mol. The van der Waals surface area contributed by atoms with Crippen molar-refractivity contribution < 1.29 is 17.9 Å². The van der Waals surface area contributed by atoms with Crippen LogP contribution in [0.15, 0.2) is 48.5 Å². The molecular weight excluding hydrogens is 253 g/mol. The van der Waals surface area contributed by atoms with Crippen LogP contribution in [0.1, 0.15) is 11.1 Å². The summed E-state index contributed by atoms with van der Waals surface area (Å²) in [6.07, 6.45) is -3.72. The molecule has 0 saturated carbocycles. The van der Waals surface area contributed by atoms with Gasteiger partial charge in [-0.1, -0.05) is 24.3 Å². The van der Waals surface area contributed by atoms with Crippen LogP contribution in [0.4, 0.5) is 13.2 Å². The molecule has 2 aromatic rings. The molecule has 0 aliphatic rings. The Morgan fingerprint density at radius 2 is 1.58 bits per heavy atom. The standard InChI is InChI=1S/C15H12F3O/c16-15(17,18)13-8-6-12(7-9-13)10-11-19-14-4-2-1-3-5-14/h2-9H,10-11H2. The highest BCUT2D eigenvalue weighted by molar-refractivity contribution is 5.25. The Labute approximate surface area is 109 Å². The zero-order valence-corrected chi connectivity index (χ0v) is 10.1. The number of hydrogen-bond acceptors (Lipinski definition) is 1. The molecule has 0 atom stereocenters. The molecule has 1 nitrogen and oxygen atoms in total. The smallest absolute Gasteiger partial charge is 0.416 e. The average Bonchev–Trinajstić information content (AvgIpc) is 2.39. The zero-order valence-electron chi connectivity index (χ0n) is 10.1. The summed E-state index contributed by atoms with van der Waals surface area (Å²) in [4.78, 5) is 0. The van der Waals surface area contributed by atoms with Crippen LogP contribution in [0.2, 0.25) is 0 Å². The molecule has 19 heavy (non-hydrogen) atoms. The SMILES string of the molecule is FC(F)(F)c1ccc(CCOc2cc[c]cc2)cc1. The molecule has 4 heteroatoms. The van der Waals surface area contributed by atoms with E-state index in [4.69, 9.17) is 4.74 Å². The van der Waals surface area contributed by atoms with Gasteiger partial charge < -0.3 is 4.74 Å². The van der Waals surface area contributed by atoms with Gasteiger partial charge in [-0.05, 0) is 35.9 Å². The topological polar surface area (TPSA) is 9.23 Å². The van der Waals surface area contributed by atoms with Crippen LogP contribution in [0.5, 0.6) is 5.75 Å². The summed E-state index contributed by atoms with van der Waals surface area (Å²) in [5, 5.41) is 0. The summed E-state index contributed by atoms with van der Waals surface area (Å²) in [6.45, 7) is 0.426. The van der Waals surface area contributed by atoms with E-state index in [1.807, 2.05) is 0 Å². The molecule has 0 spiro atoms. The lowest BCUT2D eigenvalue weighted by atomic mass is 10.1. The monoisotopic (exact) mass is 265 g/mol. The van der Waals surface area contributed by atoms with Crippen LogP contribution in [-0.4, -0.2) is 6.61 Å². The Hall–Kier alpha value is -1.97. The summed E-state index contributed by atoms with van der Waals surface area (Å²) in [5.41, 5.74) is 0.186. The molecule has 0 aliphatic heterocycles. The fourth-order valence-corrected chi connectivity index (χ4v) is 1.61. The van der Waals surface area contributed by atoms with Crippen molar-refractivity contribution >= 4 is 0 Å². The Bertz CT molecular complexity index is 503. The highest BCUT2D eigenvalue weighted by atomic mass is 19.4. The lowest BCUT2D eigenvalue weighted by Crippen LogP contribution is -2.05. The Morgan fingerprint density at radius 1 is 0.947 bits per heavy atom. The maximum Gasteiger partial charge on any atom is 0.416 e. The third-order valence-electron chi connectivity index (χ3n) is 2.63. The number of rotatable bonds is 4. The maximum absolute atomic E-state index is 12.4. The van der Waals surface area contributed by atoms with Gasteiger partial charge in [-0.25, -0.2) is 0 Å². The molecule has 0 fully saturated rings. The van der Waals surface area contributed by atoms with Crippen molar-refractivity contribution in [2.45, 2.75) is 12.6 Å². The largest absolute Gasteiger partial charge is 0.493 e. The lowest BCUT2D eigenvalue weighted by molar-refractivity contribution is -0.137. The summed E-state index contributed by atoms with van der Waals surface area (Å²) in [7, 11) is 0. The van der Waals surface area contributed by atoms with E-state index in [1.165, 1.54) is 12.1 Å². The van der Waals surface area contributed by atoms with E-state index in [2.05, 4.69) is 6.07 Å². The van der Waals surface area contributed by atoms with Crippen molar-refractivity contribution in [3.05, 3.63) is 65.7 Å². The van der Waals surface area contributed by atoms with Gasteiger partial charge in [-0.3, -0.25) is 0 Å².